The maximum atomic E-state index is 13.4. The third kappa shape index (κ3) is 2.73. The van der Waals surface area contributed by atoms with Crippen molar-refractivity contribution >= 4 is 10.0 Å². The molecule has 0 unspecified atom stereocenters. The zero-order chi connectivity index (χ0) is 19.0. The van der Waals surface area contributed by atoms with E-state index in [1.54, 1.807) is 0 Å². The zero-order valence-corrected chi connectivity index (χ0v) is 17.6. The third-order valence-corrected chi connectivity index (χ3v) is 10.5. The molecule has 0 saturated heterocycles. The first-order valence-corrected chi connectivity index (χ1v) is 12.3. The van der Waals surface area contributed by atoms with E-state index in [2.05, 4.69) is 25.5 Å². The molecule has 1 aromatic rings. The van der Waals surface area contributed by atoms with Gasteiger partial charge in [0.05, 0.1) is 0 Å². The Kier molecular flexibility index (Phi) is 3.92. The predicted octanol–water partition coefficient (Wildman–Crippen LogP) is 4.69. The summed E-state index contributed by atoms with van der Waals surface area (Å²) in [6.07, 6.45) is 6.40. The summed E-state index contributed by atoms with van der Waals surface area (Å²) in [6, 6.07) is 10.0. The van der Waals surface area contributed by atoms with Gasteiger partial charge in [-0.05, 0) is 79.1 Å². The van der Waals surface area contributed by atoms with Crippen LogP contribution in [0, 0.1) is 35.0 Å². The van der Waals surface area contributed by atoms with Crippen LogP contribution in [0.1, 0.15) is 64.9 Å². The standard InChI is InChI=1S/C23H33NO2S/c1-22(2,3)20-15-11-17-13-16(20)14-18(12-15)21(17)24-27(25,26)23(9-10-23)19-7-5-4-6-8-19/h4-8,15-18,20-21,24H,9-14H2,1-3H3. The van der Waals surface area contributed by atoms with Gasteiger partial charge in [-0.2, -0.15) is 0 Å². The van der Waals surface area contributed by atoms with E-state index in [0.717, 1.165) is 36.2 Å². The summed E-state index contributed by atoms with van der Waals surface area (Å²) in [4.78, 5) is 0. The lowest BCUT2D eigenvalue weighted by molar-refractivity contribution is -0.0950. The highest BCUT2D eigenvalue weighted by Crippen LogP contribution is 2.61. The second-order valence-electron chi connectivity index (χ2n) is 10.9. The maximum absolute atomic E-state index is 13.4. The Labute approximate surface area is 164 Å². The van der Waals surface area contributed by atoms with Crippen LogP contribution in [0.15, 0.2) is 30.3 Å². The number of rotatable bonds is 4. The van der Waals surface area contributed by atoms with Crippen LogP contribution in [0.4, 0.5) is 0 Å². The van der Waals surface area contributed by atoms with Crippen molar-refractivity contribution in [1.29, 1.82) is 0 Å². The van der Waals surface area contributed by atoms with Crippen molar-refractivity contribution in [2.45, 2.75) is 70.1 Å². The Morgan fingerprint density at radius 3 is 1.85 bits per heavy atom. The summed E-state index contributed by atoms with van der Waals surface area (Å²) in [5, 5.41) is 0. The summed E-state index contributed by atoms with van der Waals surface area (Å²) in [5.41, 5.74) is 1.34. The molecular formula is C23H33NO2S. The van der Waals surface area contributed by atoms with Crippen LogP contribution in [0.3, 0.4) is 0 Å². The first-order chi connectivity index (χ1) is 12.7. The van der Waals surface area contributed by atoms with E-state index in [9.17, 15) is 8.42 Å². The molecule has 3 nitrogen and oxygen atoms in total. The second-order valence-corrected chi connectivity index (χ2v) is 12.9. The number of sulfonamides is 1. The Balaban J connectivity index is 1.37. The highest BCUT2D eigenvalue weighted by molar-refractivity contribution is 7.90. The molecule has 27 heavy (non-hydrogen) atoms. The van der Waals surface area contributed by atoms with E-state index < -0.39 is 14.8 Å². The minimum atomic E-state index is -3.34. The lowest BCUT2D eigenvalue weighted by Crippen LogP contribution is -2.60. The van der Waals surface area contributed by atoms with E-state index >= 15 is 0 Å². The van der Waals surface area contributed by atoms with Gasteiger partial charge in [0.2, 0.25) is 10.0 Å². The molecule has 148 valence electrons. The summed E-state index contributed by atoms with van der Waals surface area (Å²) < 4.78 is 29.4. The van der Waals surface area contributed by atoms with Crippen LogP contribution >= 0.6 is 0 Å². The van der Waals surface area contributed by atoms with E-state index in [0.29, 0.717) is 17.3 Å². The fourth-order valence-electron chi connectivity index (χ4n) is 7.35. The van der Waals surface area contributed by atoms with Crippen LogP contribution < -0.4 is 4.72 Å². The molecule has 6 rings (SSSR count). The smallest absolute Gasteiger partial charge is 0.211 e. The largest absolute Gasteiger partial charge is 0.221 e. The lowest BCUT2D eigenvalue weighted by Gasteiger charge is -2.61. The molecule has 1 aromatic carbocycles. The molecule has 4 bridgehead atoms. The van der Waals surface area contributed by atoms with Gasteiger partial charge in [0.15, 0.2) is 0 Å². The van der Waals surface area contributed by atoms with Crippen molar-refractivity contribution in [3.05, 3.63) is 35.9 Å². The molecule has 0 aromatic heterocycles. The minimum Gasteiger partial charge on any atom is -0.211 e. The highest BCUT2D eigenvalue weighted by atomic mass is 32.2. The molecule has 0 spiro atoms. The first kappa shape index (κ1) is 18.2. The number of nitrogens with one attached hydrogen (secondary N) is 1. The molecule has 0 amide bonds. The monoisotopic (exact) mass is 387 g/mol. The number of hydrogen-bond donors (Lipinski definition) is 1. The van der Waals surface area contributed by atoms with Gasteiger partial charge in [-0.25, -0.2) is 13.1 Å². The van der Waals surface area contributed by atoms with E-state index in [1.807, 2.05) is 30.3 Å². The predicted molar refractivity (Wildman–Crippen MR) is 109 cm³/mol. The van der Waals surface area contributed by atoms with Crippen molar-refractivity contribution in [3.8, 4) is 0 Å². The summed E-state index contributed by atoms with van der Waals surface area (Å²) in [6.45, 7) is 7.20. The van der Waals surface area contributed by atoms with Crippen LogP contribution in [0.25, 0.3) is 0 Å². The molecule has 0 heterocycles. The topological polar surface area (TPSA) is 46.2 Å². The molecule has 4 heteroatoms. The Bertz CT molecular complexity index is 790. The Morgan fingerprint density at radius 1 is 0.889 bits per heavy atom. The van der Waals surface area contributed by atoms with Crippen molar-refractivity contribution < 1.29 is 8.42 Å². The maximum Gasteiger partial charge on any atom is 0.221 e. The van der Waals surface area contributed by atoms with Crippen molar-refractivity contribution in [2.75, 3.05) is 0 Å². The van der Waals surface area contributed by atoms with Crippen LogP contribution in [0.5, 0.6) is 0 Å². The average Bonchev–Trinajstić information content (AvgIpc) is 3.39. The fraction of sp³-hybridized carbons (Fsp3) is 0.739. The number of benzene rings is 1. The van der Waals surface area contributed by atoms with Gasteiger partial charge >= 0.3 is 0 Å². The van der Waals surface area contributed by atoms with Crippen molar-refractivity contribution in [3.63, 3.8) is 0 Å². The normalized spacial score (nSPS) is 39.5. The molecule has 0 atom stereocenters. The van der Waals surface area contributed by atoms with Gasteiger partial charge in [0.25, 0.3) is 0 Å². The molecular weight excluding hydrogens is 354 g/mol. The highest BCUT2D eigenvalue weighted by Gasteiger charge is 2.60. The second kappa shape index (κ2) is 5.82. The molecule has 5 aliphatic carbocycles. The van der Waals surface area contributed by atoms with E-state index in [-0.39, 0.29) is 6.04 Å². The van der Waals surface area contributed by atoms with Gasteiger partial charge in [-0.3, -0.25) is 0 Å². The van der Waals surface area contributed by atoms with Gasteiger partial charge in [-0.15, -0.1) is 0 Å². The van der Waals surface area contributed by atoms with Crippen LogP contribution in [0.2, 0.25) is 0 Å². The third-order valence-electron chi connectivity index (χ3n) is 8.26. The fourth-order valence-corrected chi connectivity index (χ4v) is 9.40. The van der Waals surface area contributed by atoms with Gasteiger partial charge < -0.3 is 0 Å². The lowest BCUT2D eigenvalue weighted by atomic mass is 9.46. The molecule has 1 N–H and O–H groups in total. The first-order valence-electron chi connectivity index (χ1n) is 10.8. The average molecular weight is 388 g/mol. The molecule has 5 fully saturated rings. The van der Waals surface area contributed by atoms with Gasteiger partial charge in [0, 0.05) is 6.04 Å². The summed E-state index contributed by atoms with van der Waals surface area (Å²) >= 11 is 0. The minimum absolute atomic E-state index is 0.171. The Hall–Kier alpha value is -0.870. The SMILES string of the molecule is CC(C)(C)C1C2CC3CC1CC(C2)C3NS(=O)(=O)C1(c2ccccc2)CC1. The van der Waals surface area contributed by atoms with Crippen molar-refractivity contribution in [2.24, 2.45) is 35.0 Å². The molecule has 5 saturated carbocycles. The molecule has 5 aliphatic rings. The summed E-state index contributed by atoms with van der Waals surface area (Å²) in [7, 11) is -3.34. The number of hydrogen-bond acceptors (Lipinski definition) is 2. The van der Waals surface area contributed by atoms with Crippen LogP contribution in [-0.4, -0.2) is 14.5 Å². The van der Waals surface area contributed by atoms with Crippen molar-refractivity contribution in [1.82, 2.24) is 4.72 Å². The molecule has 0 radical (unpaired) electrons. The van der Waals surface area contributed by atoms with Crippen LogP contribution in [-0.2, 0) is 14.8 Å². The van der Waals surface area contributed by atoms with Gasteiger partial charge in [0.1, 0.15) is 4.75 Å². The van der Waals surface area contributed by atoms with Gasteiger partial charge in [-0.1, -0.05) is 51.1 Å². The quantitative estimate of drug-likeness (QED) is 0.814. The van der Waals surface area contributed by atoms with E-state index in [1.165, 1.54) is 25.7 Å². The zero-order valence-electron chi connectivity index (χ0n) is 16.8. The van der Waals surface area contributed by atoms with E-state index in [4.69, 9.17) is 0 Å². The Morgan fingerprint density at radius 2 is 1.41 bits per heavy atom. The molecule has 0 aliphatic heterocycles. The summed E-state index contributed by atoms with van der Waals surface area (Å²) in [5.74, 6) is 3.52.